The summed E-state index contributed by atoms with van der Waals surface area (Å²) >= 11 is 0. The summed E-state index contributed by atoms with van der Waals surface area (Å²) in [6.07, 6.45) is 2.42. The van der Waals surface area contributed by atoms with Gasteiger partial charge in [0.15, 0.2) is 6.29 Å². The Kier molecular flexibility index (Phi) is 8.15. The molecule has 32 heavy (non-hydrogen) atoms. The second kappa shape index (κ2) is 10.8. The van der Waals surface area contributed by atoms with E-state index in [9.17, 15) is 9.90 Å². The zero-order chi connectivity index (χ0) is 23.1. The highest BCUT2D eigenvalue weighted by Crippen LogP contribution is 2.31. The molecule has 0 aromatic heterocycles. The number of nitrogens with one attached hydrogen (secondary N) is 1. The molecule has 0 spiro atoms. The number of alkyl carbamates (subject to hydrolysis) is 1. The Morgan fingerprint density at radius 2 is 2.03 bits per heavy atom. The minimum Gasteiger partial charge on any atom is -0.465 e. The Morgan fingerprint density at radius 1 is 1.22 bits per heavy atom. The monoisotopic (exact) mass is 441 g/mol. The van der Waals surface area contributed by atoms with Crippen molar-refractivity contribution in [3.05, 3.63) is 53.6 Å². The second-order valence-electron chi connectivity index (χ2n) is 9.30. The van der Waals surface area contributed by atoms with Gasteiger partial charge in [0, 0.05) is 13.0 Å². The third-order valence-corrected chi connectivity index (χ3v) is 5.37. The van der Waals surface area contributed by atoms with E-state index < -0.39 is 11.7 Å². The summed E-state index contributed by atoms with van der Waals surface area (Å²) in [5.41, 5.74) is 3.34. The number of aliphatic hydroxyl groups is 1. The van der Waals surface area contributed by atoms with E-state index in [0.29, 0.717) is 12.3 Å². The number of amides is 1. The standard InChI is InChI=1S/C26H35NO5/c1-18(16-27-25(29)32-26(2,3)4)19-8-7-9-20(14-19)23-12-11-22(15-21(23)17-28)31-24-10-5-6-13-30-24/h7-9,11-12,14-15,18,24,28H,5-6,10,13,16-17H2,1-4H3,(H,27,29). The van der Waals surface area contributed by atoms with Gasteiger partial charge >= 0.3 is 6.09 Å². The van der Waals surface area contributed by atoms with Crippen LogP contribution in [0.3, 0.4) is 0 Å². The maximum Gasteiger partial charge on any atom is 0.407 e. The lowest BCUT2D eigenvalue weighted by molar-refractivity contribution is -0.105. The number of aliphatic hydroxyl groups excluding tert-OH is 1. The van der Waals surface area contributed by atoms with Gasteiger partial charge in [0.05, 0.1) is 13.2 Å². The predicted octanol–water partition coefficient (Wildman–Crippen LogP) is 5.38. The van der Waals surface area contributed by atoms with Crippen LogP contribution in [0.1, 0.15) is 64.0 Å². The Balaban J connectivity index is 1.70. The van der Waals surface area contributed by atoms with Crippen LogP contribution in [0.4, 0.5) is 4.79 Å². The van der Waals surface area contributed by atoms with Crippen LogP contribution >= 0.6 is 0 Å². The minimum atomic E-state index is -0.521. The molecule has 2 atom stereocenters. The maximum atomic E-state index is 12.0. The second-order valence-corrected chi connectivity index (χ2v) is 9.30. The zero-order valence-electron chi connectivity index (χ0n) is 19.5. The number of benzene rings is 2. The molecule has 2 aromatic carbocycles. The molecular weight excluding hydrogens is 406 g/mol. The highest BCUT2D eigenvalue weighted by Gasteiger charge is 2.18. The molecule has 0 radical (unpaired) electrons. The largest absolute Gasteiger partial charge is 0.465 e. The molecule has 174 valence electrons. The fraction of sp³-hybridized carbons (Fsp3) is 0.500. The van der Waals surface area contributed by atoms with Gasteiger partial charge in [-0.15, -0.1) is 0 Å². The highest BCUT2D eigenvalue weighted by atomic mass is 16.7. The Bertz CT molecular complexity index is 899. The van der Waals surface area contributed by atoms with E-state index in [2.05, 4.69) is 18.3 Å². The number of hydrogen-bond acceptors (Lipinski definition) is 5. The summed E-state index contributed by atoms with van der Waals surface area (Å²) in [5, 5.41) is 12.8. The van der Waals surface area contributed by atoms with Crippen molar-refractivity contribution in [1.82, 2.24) is 5.32 Å². The van der Waals surface area contributed by atoms with Crippen LogP contribution in [0.15, 0.2) is 42.5 Å². The van der Waals surface area contributed by atoms with E-state index >= 15 is 0 Å². The van der Waals surface area contributed by atoms with Crippen LogP contribution in [0.25, 0.3) is 11.1 Å². The molecule has 1 aliphatic rings. The lowest BCUT2D eigenvalue weighted by Gasteiger charge is -2.24. The lowest BCUT2D eigenvalue weighted by atomic mass is 9.94. The van der Waals surface area contributed by atoms with Crippen molar-refractivity contribution in [3.8, 4) is 16.9 Å². The van der Waals surface area contributed by atoms with Gasteiger partial charge in [0.25, 0.3) is 0 Å². The van der Waals surface area contributed by atoms with Crippen molar-refractivity contribution in [3.63, 3.8) is 0 Å². The van der Waals surface area contributed by atoms with Crippen LogP contribution in [0, 0.1) is 0 Å². The number of ether oxygens (including phenoxy) is 3. The molecule has 6 nitrogen and oxygen atoms in total. The van der Waals surface area contributed by atoms with Gasteiger partial charge in [0.2, 0.25) is 0 Å². The number of hydrogen-bond donors (Lipinski definition) is 2. The first kappa shape index (κ1) is 24.1. The molecular formula is C26H35NO5. The fourth-order valence-electron chi connectivity index (χ4n) is 3.69. The van der Waals surface area contributed by atoms with E-state index in [-0.39, 0.29) is 18.8 Å². The summed E-state index contributed by atoms with van der Waals surface area (Å²) in [4.78, 5) is 12.0. The van der Waals surface area contributed by atoms with Crippen LogP contribution < -0.4 is 10.1 Å². The molecule has 0 aliphatic carbocycles. The summed E-state index contributed by atoms with van der Waals surface area (Å²) in [5.74, 6) is 0.807. The fourth-order valence-corrected chi connectivity index (χ4v) is 3.69. The van der Waals surface area contributed by atoms with Crippen LogP contribution in [0.2, 0.25) is 0 Å². The Morgan fingerprint density at radius 3 is 2.72 bits per heavy atom. The van der Waals surface area contributed by atoms with Crippen molar-refractivity contribution in [2.45, 2.75) is 71.4 Å². The third-order valence-electron chi connectivity index (χ3n) is 5.37. The maximum absolute atomic E-state index is 12.0. The molecule has 2 N–H and O–H groups in total. The van der Waals surface area contributed by atoms with Gasteiger partial charge in [-0.1, -0.05) is 37.3 Å². The van der Waals surface area contributed by atoms with Gasteiger partial charge in [-0.05, 0) is 73.9 Å². The van der Waals surface area contributed by atoms with Crippen molar-refractivity contribution >= 4 is 6.09 Å². The smallest absolute Gasteiger partial charge is 0.407 e. The molecule has 6 heteroatoms. The highest BCUT2D eigenvalue weighted by molar-refractivity contribution is 5.69. The van der Waals surface area contributed by atoms with E-state index in [1.165, 1.54) is 0 Å². The van der Waals surface area contributed by atoms with Crippen LogP contribution in [-0.2, 0) is 16.1 Å². The van der Waals surface area contributed by atoms with E-state index in [4.69, 9.17) is 14.2 Å². The summed E-state index contributed by atoms with van der Waals surface area (Å²) in [7, 11) is 0. The molecule has 1 fully saturated rings. The molecule has 1 saturated heterocycles. The first-order valence-electron chi connectivity index (χ1n) is 11.3. The van der Waals surface area contributed by atoms with Crippen LogP contribution in [-0.4, -0.2) is 36.2 Å². The van der Waals surface area contributed by atoms with Crippen molar-refractivity contribution in [2.24, 2.45) is 0 Å². The summed E-state index contributed by atoms with van der Waals surface area (Å²) in [6, 6.07) is 13.9. The molecule has 0 saturated carbocycles. The van der Waals surface area contributed by atoms with Gasteiger partial charge in [-0.3, -0.25) is 0 Å². The Hall–Kier alpha value is -2.57. The molecule has 1 aliphatic heterocycles. The number of carbonyl (C=O) groups excluding carboxylic acids is 1. The topological polar surface area (TPSA) is 77.0 Å². The average Bonchev–Trinajstić information content (AvgIpc) is 2.77. The predicted molar refractivity (Wildman–Crippen MR) is 125 cm³/mol. The van der Waals surface area contributed by atoms with Gasteiger partial charge in [0.1, 0.15) is 11.4 Å². The Labute approximate surface area is 190 Å². The lowest BCUT2D eigenvalue weighted by Crippen LogP contribution is -2.34. The van der Waals surface area contributed by atoms with Crippen molar-refractivity contribution in [2.75, 3.05) is 13.2 Å². The van der Waals surface area contributed by atoms with Crippen molar-refractivity contribution in [1.29, 1.82) is 0 Å². The first-order chi connectivity index (χ1) is 15.2. The van der Waals surface area contributed by atoms with E-state index in [1.54, 1.807) is 0 Å². The van der Waals surface area contributed by atoms with Gasteiger partial charge in [-0.2, -0.15) is 0 Å². The third kappa shape index (κ3) is 6.97. The SMILES string of the molecule is CC(CNC(=O)OC(C)(C)C)c1cccc(-c2ccc(OC3CCCCO3)cc2CO)c1. The van der Waals surface area contributed by atoms with Crippen molar-refractivity contribution < 1.29 is 24.1 Å². The summed E-state index contributed by atoms with van der Waals surface area (Å²) < 4.78 is 16.9. The molecule has 2 unspecified atom stereocenters. The molecule has 1 amide bonds. The number of rotatable bonds is 7. The normalized spacial score (nSPS) is 17.5. The van der Waals surface area contributed by atoms with E-state index in [1.807, 2.05) is 57.2 Å². The first-order valence-corrected chi connectivity index (χ1v) is 11.3. The molecule has 3 rings (SSSR count). The molecule has 2 aromatic rings. The quantitative estimate of drug-likeness (QED) is 0.603. The summed E-state index contributed by atoms with van der Waals surface area (Å²) in [6.45, 7) is 8.70. The van der Waals surface area contributed by atoms with Crippen LogP contribution in [0.5, 0.6) is 5.75 Å². The van der Waals surface area contributed by atoms with Gasteiger partial charge in [-0.25, -0.2) is 4.79 Å². The molecule has 0 bridgehead atoms. The van der Waals surface area contributed by atoms with Gasteiger partial charge < -0.3 is 24.6 Å². The molecule has 1 heterocycles. The number of carbonyl (C=O) groups is 1. The zero-order valence-corrected chi connectivity index (χ0v) is 19.5. The van der Waals surface area contributed by atoms with E-state index in [0.717, 1.165) is 48.1 Å². The average molecular weight is 442 g/mol. The minimum absolute atomic E-state index is 0.0853.